The predicted molar refractivity (Wildman–Crippen MR) is 144 cm³/mol. The lowest BCUT2D eigenvalue weighted by Crippen LogP contribution is -2.60. The van der Waals surface area contributed by atoms with Crippen molar-refractivity contribution in [3.8, 4) is 0 Å². The minimum atomic E-state index is -1.63. The lowest BCUT2D eigenvalue weighted by atomic mass is 9.83. The number of nitrogens with zero attached hydrogens (tertiary/aromatic N) is 2. The van der Waals surface area contributed by atoms with Crippen molar-refractivity contribution in [2.75, 3.05) is 33.7 Å². The second kappa shape index (κ2) is 13.5. The predicted octanol–water partition coefficient (Wildman–Crippen LogP) is 1.71. The number of aryl methyl sites for hydroxylation is 1. The molecule has 11 nitrogen and oxygen atoms in total. The van der Waals surface area contributed by atoms with Crippen molar-refractivity contribution in [1.29, 1.82) is 0 Å². The number of ether oxygens (including phenoxy) is 5. The molecular formula is C29H36N2O9. The van der Waals surface area contributed by atoms with Crippen LogP contribution < -0.4 is 11.2 Å². The highest BCUT2D eigenvalue weighted by Gasteiger charge is 2.61. The van der Waals surface area contributed by atoms with Gasteiger partial charge in [-0.3, -0.25) is 9.36 Å². The van der Waals surface area contributed by atoms with Crippen LogP contribution in [0.5, 0.6) is 0 Å². The summed E-state index contributed by atoms with van der Waals surface area (Å²) in [6, 6.07) is 18.8. The molecule has 1 aliphatic heterocycles. The minimum absolute atomic E-state index is 0.0348. The van der Waals surface area contributed by atoms with E-state index in [0.29, 0.717) is 5.56 Å². The van der Waals surface area contributed by atoms with Gasteiger partial charge in [0.15, 0.2) is 0 Å². The van der Waals surface area contributed by atoms with Crippen molar-refractivity contribution >= 4 is 0 Å². The SMILES string of the molecule is COCOCC1(OCc2ccccc2)CC(n2cc(C)c(=O)n(COCc3ccccc3)c2=O)OC1(CO)CO. The third-order valence-electron chi connectivity index (χ3n) is 7.11. The van der Waals surface area contributed by atoms with Gasteiger partial charge in [0.2, 0.25) is 0 Å². The van der Waals surface area contributed by atoms with Gasteiger partial charge >= 0.3 is 5.69 Å². The molecule has 2 aromatic carbocycles. The summed E-state index contributed by atoms with van der Waals surface area (Å²) in [5.41, 5.74) is -2.09. The Bertz CT molecular complexity index is 1340. The smallest absolute Gasteiger partial charge is 0.335 e. The van der Waals surface area contributed by atoms with Crippen LogP contribution in [0.15, 0.2) is 76.4 Å². The fourth-order valence-corrected chi connectivity index (χ4v) is 4.86. The average molecular weight is 557 g/mol. The molecule has 0 aliphatic carbocycles. The second-order valence-electron chi connectivity index (χ2n) is 9.81. The zero-order chi connectivity index (χ0) is 28.6. The maximum atomic E-state index is 13.6. The van der Waals surface area contributed by atoms with E-state index in [1.165, 1.54) is 17.9 Å². The number of hydrogen-bond acceptors (Lipinski definition) is 9. The maximum Gasteiger partial charge on any atom is 0.335 e. The van der Waals surface area contributed by atoms with Gasteiger partial charge in [0.05, 0.1) is 33.0 Å². The first kappa shape index (κ1) is 29.8. The molecule has 1 saturated heterocycles. The molecule has 0 bridgehead atoms. The highest BCUT2D eigenvalue weighted by Crippen LogP contribution is 2.47. The van der Waals surface area contributed by atoms with E-state index in [-0.39, 0.29) is 39.8 Å². The zero-order valence-corrected chi connectivity index (χ0v) is 22.7. The summed E-state index contributed by atoms with van der Waals surface area (Å²) in [6.07, 6.45) is 0.451. The van der Waals surface area contributed by atoms with Gasteiger partial charge in [-0.2, -0.15) is 0 Å². The lowest BCUT2D eigenvalue weighted by molar-refractivity contribution is -0.229. The Hall–Kier alpha value is -3.16. The minimum Gasteiger partial charge on any atom is -0.393 e. The van der Waals surface area contributed by atoms with Crippen LogP contribution in [-0.4, -0.2) is 64.3 Å². The number of methoxy groups -OCH3 is 1. The molecule has 1 aromatic heterocycles. The molecule has 1 fully saturated rings. The summed E-state index contributed by atoms with van der Waals surface area (Å²) in [5.74, 6) is 0. The number of rotatable bonds is 14. The van der Waals surface area contributed by atoms with Gasteiger partial charge in [-0.15, -0.1) is 0 Å². The van der Waals surface area contributed by atoms with Crippen molar-refractivity contribution in [1.82, 2.24) is 9.13 Å². The van der Waals surface area contributed by atoms with E-state index in [1.807, 2.05) is 60.7 Å². The van der Waals surface area contributed by atoms with Crippen molar-refractivity contribution in [3.05, 3.63) is 104 Å². The molecule has 2 unspecified atom stereocenters. The molecule has 11 heteroatoms. The second-order valence-corrected chi connectivity index (χ2v) is 9.81. The summed E-state index contributed by atoms with van der Waals surface area (Å²) < 4.78 is 31.3. The van der Waals surface area contributed by atoms with Crippen molar-refractivity contribution in [2.45, 2.75) is 50.7 Å². The lowest BCUT2D eigenvalue weighted by Gasteiger charge is -2.41. The summed E-state index contributed by atoms with van der Waals surface area (Å²) >= 11 is 0. The summed E-state index contributed by atoms with van der Waals surface area (Å²) in [7, 11) is 1.47. The summed E-state index contributed by atoms with van der Waals surface area (Å²) in [4.78, 5) is 26.4. The largest absolute Gasteiger partial charge is 0.393 e. The van der Waals surface area contributed by atoms with Crippen LogP contribution in [0, 0.1) is 6.92 Å². The average Bonchev–Trinajstić information content (AvgIpc) is 3.31. The van der Waals surface area contributed by atoms with Crippen LogP contribution >= 0.6 is 0 Å². The Morgan fingerprint density at radius 2 is 1.57 bits per heavy atom. The van der Waals surface area contributed by atoms with Gasteiger partial charge in [-0.05, 0) is 18.1 Å². The molecule has 0 saturated carbocycles. The molecule has 0 amide bonds. The van der Waals surface area contributed by atoms with Gasteiger partial charge in [0.1, 0.15) is 31.0 Å². The molecule has 40 heavy (non-hydrogen) atoms. The van der Waals surface area contributed by atoms with Crippen LogP contribution in [0.3, 0.4) is 0 Å². The molecule has 2 N–H and O–H groups in total. The molecule has 0 radical (unpaired) electrons. The fraction of sp³-hybridized carbons (Fsp3) is 0.448. The van der Waals surface area contributed by atoms with Crippen LogP contribution in [-0.2, 0) is 43.6 Å². The van der Waals surface area contributed by atoms with Gasteiger partial charge in [0.25, 0.3) is 5.56 Å². The van der Waals surface area contributed by atoms with E-state index >= 15 is 0 Å². The van der Waals surface area contributed by atoms with Crippen molar-refractivity contribution in [3.63, 3.8) is 0 Å². The first-order valence-electron chi connectivity index (χ1n) is 13.0. The molecule has 216 valence electrons. The Morgan fingerprint density at radius 1 is 0.950 bits per heavy atom. The summed E-state index contributed by atoms with van der Waals surface area (Å²) in [5, 5.41) is 21.0. The van der Waals surface area contributed by atoms with Gasteiger partial charge in [0, 0.05) is 25.3 Å². The van der Waals surface area contributed by atoms with Crippen molar-refractivity contribution in [2.24, 2.45) is 0 Å². The van der Waals surface area contributed by atoms with E-state index in [9.17, 15) is 19.8 Å². The number of benzene rings is 2. The first-order chi connectivity index (χ1) is 19.4. The van der Waals surface area contributed by atoms with E-state index in [2.05, 4.69) is 0 Å². The maximum absolute atomic E-state index is 13.6. The van der Waals surface area contributed by atoms with Crippen molar-refractivity contribution < 1.29 is 33.9 Å². The number of aliphatic hydroxyl groups excluding tert-OH is 2. The molecular weight excluding hydrogens is 520 g/mol. The number of hydrogen-bond donors (Lipinski definition) is 2. The molecule has 4 rings (SSSR count). The monoisotopic (exact) mass is 556 g/mol. The molecule has 2 atom stereocenters. The molecule has 0 spiro atoms. The summed E-state index contributed by atoms with van der Waals surface area (Å²) in [6.45, 7) is 0.292. The topological polar surface area (TPSA) is 131 Å². The van der Waals surface area contributed by atoms with E-state index in [0.717, 1.165) is 15.7 Å². The fourth-order valence-electron chi connectivity index (χ4n) is 4.86. The number of aliphatic hydroxyl groups is 2. The molecule has 2 heterocycles. The third-order valence-corrected chi connectivity index (χ3v) is 7.11. The van der Waals surface area contributed by atoms with E-state index in [1.54, 1.807) is 6.92 Å². The van der Waals surface area contributed by atoms with Crippen LogP contribution in [0.1, 0.15) is 29.3 Å². The highest BCUT2D eigenvalue weighted by atomic mass is 16.7. The Morgan fingerprint density at radius 3 is 2.17 bits per heavy atom. The standard InChI is InChI=1S/C29H36N2O9/c1-22-14-30(27(35)31(26(22)34)20-37-15-23-9-5-3-6-10-23)25-13-28(19-38-21-36-2,29(17-32,18-33)40-25)39-16-24-11-7-4-8-12-24/h3-12,14,25,32-33H,13,15-21H2,1-2H3. The quantitative estimate of drug-likeness (QED) is 0.225. The van der Waals surface area contributed by atoms with Crippen LogP contribution in [0.25, 0.3) is 0 Å². The zero-order valence-electron chi connectivity index (χ0n) is 22.7. The van der Waals surface area contributed by atoms with Gasteiger partial charge in [-0.25, -0.2) is 9.36 Å². The van der Waals surface area contributed by atoms with E-state index in [4.69, 9.17) is 23.7 Å². The first-order valence-corrected chi connectivity index (χ1v) is 13.0. The Balaban J connectivity index is 1.66. The molecule has 1 aliphatic rings. The normalized spacial score (nSPS) is 20.1. The van der Waals surface area contributed by atoms with Crippen LogP contribution in [0.4, 0.5) is 0 Å². The number of aromatic nitrogens is 2. The van der Waals surface area contributed by atoms with E-state index < -0.39 is 41.9 Å². The Kier molecular flexibility index (Phi) is 10.0. The van der Waals surface area contributed by atoms with Gasteiger partial charge < -0.3 is 33.9 Å². The Labute approximate surface area is 232 Å². The van der Waals surface area contributed by atoms with Crippen LogP contribution in [0.2, 0.25) is 0 Å². The highest BCUT2D eigenvalue weighted by molar-refractivity contribution is 5.16. The molecule has 3 aromatic rings. The van der Waals surface area contributed by atoms with Gasteiger partial charge in [-0.1, -0.05) is 60.7 Å². The third kappa shape index (κ3) is 6.26.